The van der Waals surface area contributed by atoms with E-state index < -0.39 is 11.7 Å². The van der Waals surface area contributed by atoms with Gasteiger partial charge in [0.25, 0.3) is 0 Å². The predicted octanol–water partition coefficient (Wildman–Crippen LogP) is 1.80. The van der Waals surface area contributed by atoms with Crippen LogP contribution < -0.4 is 11.1 Å². The van der Waals surface area contributed by atoms with Crippen LogP contribution in [0.4, 0.5) is 4.79 Å². The minimum absolute atomic E-state index is 0.263. The van der Waals surface area contributed by atoms with Gasteiger partial charge >= 0.3 is 6.09 Å². The fourth-order valence-electron chi connectivity index (χ4n) is 0.978. The van der Waals surface area contributed by atoms with Crippen molar-refractivity contribution < 1.29 is 9.53 Å². The summed E-state index contributed by atoms with van der Waals surface area (Å²) in [6.07, 6.45) is -0.470. The number of alkyl carbamates (subject to hydrolysis) is 1. The van der Waals surface area contributed by atoms with Crippen molar-refractivity contribution in [2.75, 3.05) is 0 Å². The third-order valence-electron chi connectivity index (χ3n) is 1.58. The number of ether oxygens (including phenoxy) is 1. The van der Waals surface area contributed by atoms with Crippen molar-refractivity contribution in [1.29, 1.82) is 0 Å². The standard InChI is InChI=1S/C10H15N3O2S2/c1-10(2,3)15-9(14)12-4-6-5-17-8(13-6)7(11)16/h5H,4H2,1-3H3,(H2,11,16)(H,12,14). The fraction of sp³-hybridized carbons (Fsp3) is 0.500. The first-order valence-electron chi connectivity index (χ1n) is 4.99. The smallest absolute Gasteiger partial charge is 0.407 e. The maximum atomic E-state index is 11.4. The summed E-state index contributed by atoms with van der Waals surface area (Å²) in [4.78, 5) is 15.8. The first kappa shape index (κ1) is 13.9. The van der Waals surface area contributed by atoms with E-state index in [0.29, 0.717) is 17.2 Å². The highest BCUT2D eigenvalue weighted by Gasteiger charge is 2.16. The lowest BCUT2D eigenvalue weighted by Gasteiger charge is -2.19. The summed E-state index contributed by atoms with van der Waals surface area (Å²) in [6, 6.07) is 0. The van der Waals surface area contributed by atoms with E-state index in [1.807, 2.05) is 0 Å². The number of nitrogens with two attached hydrogens (primary N) is 1. The number of aromatic nitrogens is 1. The average molecular weight is 273 g/mol. The van der Waals surface area contributed by atoms with Gasteiger partial charge in [-0.3, -0.25) is 0 Å². The molecule has 0 atom stereocenters. The van der Waals surface area contributed by atoms with Crippen LogP contribution in [-0.4, -0.2) is 21.7 Å². The first-order chi connectivity index (χ1) is 7.78. The molecule has 17 heavy (non-hydrogen) atoms. The Balaban J connectivity index is 2.45. The molecule has 1 rings (SSSR count). The topological polar surface area (TPSA) is 77.2 Å². The number of amides is 1. The van der Waals surface area contributed by atoms with E-state index in [4.69, 9.17) is 22.7 Å². The fourth-order valence-corrected chi connectivity index (χ4v) is 1.84. The molecule has 1 aromatic heterocycles. The second kappa shape index (κ2) is 5.42. The molecule has 0 aliphatic heterocycles. The number of nitrogens with one attached hydrogen (secondary N) is 1. The Hall–Kier alpha value is -1.21. The summed E-state index contributed by atoms with van der Waals surface area (Å²) in [7, 11) is 0. The number of carbonyl (C=O) groups is 1. The molecular weight excluding hydrogens is 258 g/mol. The molecule has 5 nitrogen and oxygen atoms in total. The Labute approximate surface area is 109 Å². The molecule has 0 saturated carbocycles. The first-order valence-corrected chi connectivity index (χ1v) is 6.28. The Morgan fingerprint density at radius 2 is 2.29 bits per heavy atom. The van der Waals surface area contributed by atoms with Gasteiger partial charge in [0.1, 0.15) is 10.6 Å². The Bertz CT molecular complexity index is 423. The van der Waals surface area contributed by atoms with E-state index in [1.54, 1.807) is 26.2 Å². The Morgan fingerprint density at radius 1 is 1.65 bits per heavy atom. The predicted molar refractivity (Wildman–Crippen MR) is 71.1 cm³/mol. The number of thiazole rings is 1. The highest BCUT2D eigenvalue weighted by Crippen LogP contribution is 2.10. The normalized spacial score (nSPS) is 11.0. The van der Waals surface area contributed by atoms with E-state index in [1.165, 1.54) is 11.3 Å². The van der Waals surface area contributed by atoms with Crippen LogP contribution in [0.25, 0.3) is 0 Å². The van der Waals surface area contributed by atoms with E-state index in [-0.39, 0.29) is 4.99 Å². The minimum Gasteiger partial charge on any atom is -0.444 e. The van der Waals surface area contributed by atoms with Crippen LogP contribution in [0.3, 0.4) is 0 Å². The molecule has 0 spiro atoms. The SMILES string of the molecule is CC(C)(C)OC(=O)NCc1csc(C(N)=S)n1. The maximum absolute atomic E-state index is 11.4. The van der Waals surface area contributed by atoms with Crippen LogP contribution in [0.5, 0.6) is 0 Å². The number of hydrogen-bond donors (Lipinski definition) is 2. The molecule has 3 N–H and O–H groups in total. The van der Waals surface area contributed by atoms with Crippen molar-refractivity contribution in [3.8, 4) is 0 Å². The summed E-state index contributed by atoms with van der Waals surface area (Å²) in [6.45, 7) is 5.72. The second-order valence-corrected chi connectivity index (χ2v) is 5.66. The lowest BCUT2D eigenvalue weighted by atomic mass is 10.2. The van der Waals surface area contributed by atoms with Crippen LogP contribution in [0.15, 0.2) is 5.38 Å². The van der Waals surface area contributed by atoms with Crippen molar-refractivity contribution in [2.24, 2.45) is 5.73 Å². The van der Waals surface area contributed by atoms with Crippen molar-refractivity contribution in [3.05, 3.63) is 16.1 Å². The highest BCUT2D eigenvalue weighted by molar-refractivity contribution is 7.81. The molecule has 0 aliphatic rings. The molecule has 0 aliphatic carbocycles. The molecule has 0 bridgehead atoms. The summed E-state index contributed by atoms with van der Waals surface area (Å²) < 4.78 is 5.09. The number of carbonyl (C=O) groups excluding carboxylic acids is 1. The molecule has 1 aromatic rings. The lowest BCUT2D eigenvalue weighted by Crippen LogP contribution is -2.32. The highest BCUT2D eigenvalue weighted by atomic mass is 32.1. The van der Waals surface area contributed by atoms with Crippen molar-refractivity contribution >= 4 is 34.6 Å². The molecule has 1 amide bonds. The van der Waals surface area contributed by atoms with Crippen molar-refractivity contribution in [2.45, 2.75) is 32.9 Å². The number of hydrogen-bond acceptors (Lipinski definition) is 5. The molecule has 1 heterocycles. The molecule has 0 aromatic carbocycles. The maximum Gasteiger partial charge on any atom is 0.407 e. The van der Waals surface area contributed by atoms with Gasteiger partial charge in [-0.2, -0.15) is 0 Å². The van der Waals surface area contributed by atoms with Crippen LogP contribution in [0.1, 0.15) is 31.5 Å². The third-order valence-corrected chi connectivity index (χ3v) is 2.82. The van der Waals surface area contributed by atoms with Gasteiger partial charge < -0.3 is 15.8 Å². The Morgan fingerprint density at radius 3 is 2.76 bits per heavy atom. The van der Waals surface area contributed by atoms with Crippen LogP contribution >= 0.6 is 23.6 Å². The second-order valence-electron chi connectivity index (χ2n) is 4.36. The van der Waals surface area contributed by atoms with Gasteiger partial charge in [-0.05, 0) is 20.8 Å². The largest absolute Gasteiger partial charge is 0.444 e. The van der Waals surface area contributed by atoms with E-state index in [0.717, 1.165) is 0 Å². The average Bonchev–Trinajstić information content (AvgIpc) is 2.60. The third kappa shape index (κ3) is 5.10. The van der Waals surface area contributed by atoms with E-state index >= 15 is 0 Å². The Kier molecular flexibility index (Phi) is 4.41. The van der Waals surface area contributed by atoms with E-state index in [2.05, 4.69) is 10.3 Å². The van der Waals surface area contributed by atoms with Gasteiger partial charge in [0.15, 0.2) is 5.01 Å². The van der Waals surface area contributed by atoms with Crippen LogP contribution in [0, 0.1) is 0 Å². The molecule has 0 saturated heterocycles. The summed E-state index contributed by atoms with van der Waals surface area (Å²) in [5.74, 6) is 0. The van der Waals surface area contributed by atoms with Gasteiger partial charge in [-0.15, -0.1) is 11.3 Å². The van der Waals surface area contributed by atoms with Crippen molar-refractivity contribution in [1.82, 2.24) is 10.3 Å². The monoisotopic (exact) mass is 273 g/mol. The zero-order chi connectivity index (χ0) is 13.1. The summed E-state index contributed by atoms with van der Waals surface area (Å²) in [5.41, 5.74) is 5.64. The van der Waals surface area contributed by atoms with Crippen LogP contribution in [-0.2, 0) is 11.3 Å². The van der Waals surface area contributed by atoms with Crippen molar-refractivity contribution in [3.63, 3.8) is 0 Å². The lowest BCUT2D eigenvalue weighted by molar-refractivity contribution is 0.0523. The molecule has 7 heteroatoms. The van der Waals surface area contributed by atoms with E-state index in [9.17, 15) is 4.79 Å². The number of thiocarbonyl (C=S) groups is 1. The van der Waals surface area contributed by atoms with Crippen LogP contribution in [0.2, 0.25) is 0 Å². The number of rotatable bonds is 3. The molecular formula is C10H15N3O2S2. The summed E-state index contributed by atoms with van der Waals surface area (Å²) in [5, 5.41) is 5.00. The molecule has 0 unspecified atom stereocenters. The minimum atomic E-state index is -0.504. The summed E-state index contributed by atoms with van der Waals surface area (Å²) >= 11 is 6.15. The van der Waals surface area contributed by atoms with Gasteiger partial charge in [0, 0.05) is 5.38 Å². The zero-order valence-corrected chi connectivity index (χ0v) is 11.6. The quantitative estimate of drug-likeness (QED) is 0.821. The number of nitrogens with zero attached hydrogens (tertiary/aromatic N) is 1. The van der Waals surface area contributed by atoms with Gasteiger partial charge in [0.05, 0.1) is 12.2 Å². The molecule has 0 fully saturated rings. The molecule has 94 valence electrons. The zero-order valence-electron chi connectivity index (χ0n) is 9.94. The van der Waals surface area contributed by atoms with Gasteiger partial charge in [-0.25, -0.2) is 9.78 Å². The van der Waals surface area contributed by atoms with Gasteiger partial charge in [0.2, 0.25) is 0 Å². The van der Waals surface area contributed by atoms with Gasteiger partial charge in [-0.1, -0.05) is 12.2 Å². The molecule has 0 radical (unpaired) electrons.